The average Bonchev–Trinajstić information content (AvgIpc) is 2.91. The van der Waals surface area contributed by atoms with Crippen LogP contribution in [0.15, 0.2) is 106 Å². The normalized spacial score (nSPS) is 11.4. The number of hydrogen-bond donors (Lipinski definition) is 2. The van der Waals surface area contributed by atoms with Gasteiger partial charge < -0.3 is 15.0 Å². The van der Waals surface area contributed by atoms with E-state index in [0.717, 1.165) is 0 Å². The van der Waals surface area contributed by atoms with E-state index in [9.17, 15) is 33.0 Å². The van der Waals surface area contributed by atoms with Gasteiger partial charge in [0.1, 0.15) is 21.5 Å². The number of aromatic hydroxyl groups is 1. The molecule has 0 unspecified atom stereocenters. The second-order valence-electron chi connectivity index (χ2n) is 8.39. The van der Waals surface area contributed by atoms with Gasteiger partial charge in [0.05, 0.1) is 15.4 Å². The van der Waals surface area contributed by atoms with Crippen molar-refractivity contribution < 1.29 is 27.8 Å². The van der Waals surface area contributed by atoms with Gasteiger partial charge in [-0.25, -0.2) is 8.42 Å². The first-order chi connectivity index (χ1) is 18.6. The molecule has 0 saturated carbocycles. The number of nitrogens with zero attached hydrogens (tertiary/aromatic N) is 3. The molecule has 0 bridgehead atoms. The number of benzene rings is 5. The molecule has 5 aromatic rings. The molecule has 0 aliphatic carbocycles. The van der Waals surface area contributed by atoms with Gasteiger partial charge >= 0.3 is 37.7 Å². The van der Waals surface area contributed by atoms with Crippen LogP contribution in [0.4, 0.5) is 22.7 Å². The molecule has 0 radical (unpaired) electrons. The smallest absolute Gasteiger partial charge is 0.744 e. The summed E-state index contributed by atoms with van der Waals surface area (Å²) in [5, 5.41) is 34.3. The van der Waals surface area contributed by atoms with Crippen LogP contribution in [-0.2, 0) is 10.1 Å². The van der Waals surface area contributed by atoms with Gasteiger partial charge in [0, 0.05) is 28.6 Å². The maximum atomic E-state index is 13.1. The fraction of sp³-hybridized carbons (Fsp3) is 0. The summed E-state index contributed by atoms with van der Waals surface area (Å²) in [4.78, 5) is 23.0. The van der Waals surface area contributed by atoms with E-state index >= 15 is 0 Å². The van der Waals surface area contributed by atoms with Crippen LogP contribution in [0.2, 0.25) is 0 Å². The Hall–Kier alpha value is -3.94. The minimum absolute atomic E-state index is 0. The van der Waals surface area contributed by atoms with Crippen LogP contribution >= 0.6 is 0 Å². The fourth-order valence-corrected chi connectivity index (χ4v) is 4.98. The summed E-state index contributed by atoms with van der Waals surface area (Å²) in [5.41, 5.74) is -0.682. The summed E-state index contributed by atoms with van der Waals surface area (Å²) in [5.74, 6) is -1.34. The molecule has 0 saturated heterocycles. The molecule has 194 valence electrons. The fourth-order valence-electron chi connectivity index (χ4n) is 4.16. The van der Waals surface area contributed by atoms with Crippen LogP contribution in [0, 0.1) is 10.1 Å². The van der Waals surface area contributed by atoms with Crippen molar-refractivity contribution in [1.29, 1.82) is 0 Å². The number of anilines is 1. The molecule has 40 heavy (non-hydrogen) atoms. The van der Waals surface area contributed by atoms with Crippen LogP contribution in [0.3, 0.4) is 0 Å². The van der Waals surface area contributed by atoms with Gasteiger partial charge in [0.25, 0.3) is 11.6 Å². The number of carbonyl (C=O) groups excluding carboxylic acids is 1. The zero-order chi connectivity index (χ0) is 27.7. The molecule has 0 aromatic heterocycles. The molecule has 2 N–H and O–H groups in total. The Morgan fingerprint density at radius 3 is 2.23 bits per heavy atom. The zero-order valence-electron chi connectivity index (χ0n) is 20.5. The number of phenolic OH excluding ortho intramolecular Hbond substituents is 1. The number of fused-ring (bicyclic) bond motifs is 2. The third-order valence-corrected chi connectivity index (χ3v) is 6.85. The predicted octanol–water partition coefficient (Wildman–Crippen LogP) is 5.80. The molecule has 0 aliphatic heterocycles. The van der Waals surface area contributed by atoms with Gasteiger partial charge in [-0.15, -0.1) is 10.2 Å². The number of nitro groups is 1. The van der Waals surface area contributed by atoms with E-state index < -0.39 is 31.6 Å². The van der Waals surface area contributed by atoms with Gasteiger partial charge in [-0.1, -0.05) is 60.7 Å². The summed E-state index contributed by atoms with van der Waals surface area (Å²) in [7, 11) is -4.96. The number of phenols is 1. The Balaban J connectivity index is 0.00000370. The maximum Gasteiger partial charge on any atom is 2.00 e. The minimum atomic E-state index is -4.96. The van der Waals surface area contributed by atoms with Crippen LogP contribution in [0.25, 0.3) is 21.5 Å². The Morgan fingerprint density at radius 1 is 0.850 bits per heavy atom. The first-order valence-electron chi connectivity index (χ1n) is 11.3. The molecule has 5 aromatic carbocycles. The molecule has 0 heterocycles. The summed E-state index contributed by atoms with van der Waals surface area (Å²) in [6, 6.07) is 22.7. The van der Waals surface area contributed by atoms with E-state index in [1.807, 2.05) is 0 Å². The second kappa shape index (κ2) is 11.7. The number of nitro benzene ring substituents is 1. The first-order valence-corrected chi connectivity index (χ1v) is 12.7. The quantitative estimate of drug-likeness (QED) is 0.0837. The largest absolute Gasteiger partial charge is 2.00 e. The van der Waals surface area contributed by atoms with E-state index in [2.05, 4.69) is 15.5 Å². The number of rotatable bonds is 6. The predicted molar refractivity (Wildman–Crippen MR) is 149 cm³/mol. The topological polar surface area (TPSA) is 174 Å². The van der Waals surface area contributed by atoms with Crippen molar-refractivity contribution >= 4 is 98.1 Å². The van der Waals surface area contributed by atoms with Crippen molar-refractivity contribution in [1.82, 2.24) is 0 Å². The number of carbonyl (C=O) groups is 1. The van der Waals surface area contributed by atoms with Crippen molar-refractivity contribution in [3.05, 3.63) is 107 Å². The number of non-ortho nitro benzene ring substituents is 1. The SMILES string of the molecule is O=C(Nc1cccc([N+](=O)[O-])c1)c1cc2ccccc2c(N=Nc2ccc3ccccc3c2S(=O)(=O)[O-])c1O.[Ca+2]. The van der Waals surface area contributed by atoms with E-state index in [1.54, 1.807) is 48.5 Å². The molecule has 11 nitrogen and oxygen atoms in total. The van der Waals surface area contributed by atoms with Crippen LogP contribution in [-0.4, -0.2) is 66.6 Å². The molecule has 13 heteroatoms. The van der Waals surface area contributed by atoms with Gasteiger partial charge in [-0.2, -0.15) is 0 Å². The number of nitrogens with one attached hydrogen (secondary N) is 1. The van der Waals surface area contributed by atoms with Gasteiger partial charge in [-0.3, -0.25) is 14.9 Å². The molecular weight excluding hydrogens is 564 g/mol. The second-order valence-corrected chi connectivity index (χ2v) is 9.71. The Labute approximate surface area is 257 Å². The van der Waals surface area contributed by atoms with Crippen LogP contribution in [0.5, 0.6) is 5.75 Å². The molecule has 0 fully saturated rings. The molecule has 0 aliphatic rings. The van der Waals surface area contributed by atoms with Gasteiger partial charge in [-0.05, 0) is 29.0 Å². The Bertz CT molecular complexity index is 1950. The zero-order valence-corrected chi connectivity index (χ0v) is 23.5. The van der Waals surface area contributed by atoms with Crippen LogP contribution < -0.4 is 5.32 Å². The summed E-state index contributed by atoms with van der Waals surface area (Å²) in [6.07, 6.45) is 0. The summed E-state index contributed by atoms with van der Waals surface area (Å²) in [6.45, 7) is 0. The third kappa shape index (κ3) is 5.81. The molecule has 0 atom stereocenters. The van der Waals surface area contributed by atoms with Crippen molar-refractivity contribution in [2.75, 3.05) is 5.32 Å². The van der Waals surface area contributed by atoms with Crippen molar-refractivity contribution in [2.24, 2.45) is 10.2 Å². The van der Waals surface area contributed by atoms with Crippen molar-refractivity contribution in [3.63, 3.8) is 0 Å². The third-order valence-electron chi connectivity index (χ3n) is 5.92. The van der Waals surface area contributed by atoms with Crippen LogP contribution in [0.1, 0.15) is 10.4 Å². The molecule has 1 amide bonds. The maximum absolute atomic E-state index is 13.1. The summed E-state index contributed by atoms with van der Waals surface area (Å²) >= 11 is 0. The van der Waals surface area contributed by atoms with Crippen molar-refractivity contribution in [2.45, 2.75) is 4.90 Å². The standard InChI is InChI=1S/C27H18N4O7S.Ca/c32-25-22(27(33)28-18-8-5-9-19(15-18)31(34)35)14-17-7-2-3-10-20(17)24(25)30-29-23-13-12-16-6-1-4-11-21(16)26(23)39(36,37)38;/h1-15,32H,(H,28,33)(H,36,37,38);/q;+2/p-1. The Morgan fingerprint density at radius 2 is 1.52 bits per heavy atom. The van der Waals surface area contributed by atoms with Crippen molar-refractivity contribution in [3.8, 4) is 5.75 Å². The monoisotopic (exact) mass is 581 g/mol. The molecular formula is C27H17CaN4O7S+. The van der Waals surface area contributed by atoms with E-state index in [-0.39, 0.29) is 71.4 Å². The molecule has 5 rings (SSSR count). The summed E-state index contributed by atoms with van der Waals surface area (Å²) < 4.78 is 36.4. The average molecular weight is 582 g/mol. The van der Waals surface area contributed by atoms with Gasteiger partial charge in [0.2, 0.25) is 0 Å². The minimum Gasteiger partial charge on any atom is -0.744 e. The molecule has 0 spiro atoms. The van der Waals surface area contributed by atoms with E-state index in [1.165, 1.54) is 42.5 Å². The van der Waals surface area contributed by atoms with E-state index in [0.29, 0.717) is 16.2 Å². The number of amides is 1. The van der Waals surface area contributed by atoms with Gasteiger partial charge in [0.15, 0.2) is 5.75 Å². The van der Waals surface area contributed by atoms with E-state index in [4.69, 9.17) is 0 Å². The first kappa shape index (κ1) is 29.1. The Kier molecular flexibility index (Phi) is 8.47. The number of azo groups is 1. The number of hydrogen-bond acceptors (Lipinski definition) is 9.